The summed E-state index contributed by atoms with van der Waals surface area (Å²) in [5.74, 6) is 1.89. The second-order valence-electron chi connectivity index (χ2n) is 8.37. The smallest absolute Gasteiger partial charge is 0.271 e. The summed E-state index contributed by atoms with van der Waals surface area (Å²) in [7, 11) is 3.24. The summed E-state index contributed by atoms with van der Waals surface area (Å²) in [5, 5.41) is 0. The number of thiazole rings is 1. The Morgan fingerprint density at radius 3 is 2.69 bits per heavy atom. The average molecular weight is 549 g/mol. The van der Waals surface area contributed by atoms with E-state index in [1.807, 2.05) is 41.0 Å². The summed E-state index contributed by atoms with van der Waals surface area (Å²) in [6.45, 7) is 0. The number of methoxy groups -OCH3 is 2. The fourth-order valence-corrected chi connectivity index (χ4v) is 6.18. The van der Waals surface area contributed by atoms with Crippen molar-refractivity contribution in [1.29, 1.82) is 0 Å². The van der Waals surface area contributed by atoms with Crippen LogP contribution in [-0.2, 0) is 6.42 Å². The third kappa shape index (κ3) is 3.68. The highest BCUT2D eigenvalue weighted by molar-refractivity contribution is 9.10. The van der Waals surface area contributed by atoms with E-state index >= 15 is 0 Å². The lowest BCUT2D eigenvalue weighted by Gasteiger charge is -2.31. The third-order valence-corrected chi connectivity index (χ3v) is 7.87. The number of hydrogen-bond acceptors (Lipinski definition) is 6. The molecule has 0 spiro atoms. The fraction of sp³-hybridized carbons (Fsp3) is 0.185. The third-order valence-electron chi connectivity index (χ3n) is 6.46. The van der Waals surface area contributed by atoms with E-state index < -0.39 is 0 Å². The van der Waals surface area contributed by atoms with E-state index in [1.165, 1.54) is 16.9 Å². The van der Waals surface area contributed by atoms with Gasteiger partial charge >= 0.3 is 0 Å². The van der Waals surface area contributed by atoms with Crippen LogP contribution < -0.4 is 24.4 Å². The zero-order valence-corrected chi connectivity index (χ0v) is 21.5. The van der Waals surface area contributed by atoms with Crippen LogP contribution in [0.25, 0.3) is 11.8 Å². The molecule has 2 aromatic carbocycles. The van der Waals surface area contributed by atoms with E-state index in [4.69, 9.17) is 18.9 Å². The molecule has 1 aliphatic carbocycles. The standard InChI is InChI=1S/C27H21BrN2O4S/c1-32-20-11-8-16(13-21(20)33-2)25-19-10-7-15-5-3-4-6-18(15)24(19)29-27-30(25)26(31)22(35-27)14-17-9-12-23(28)34-17/h3-6,8-9,11-14,25H,7,10H2,1-2H3/b22-14+. The summed E-state index contributed by atoms with van der Waals surface area (Å²) >= 11 is 4.70. The number of aromatic nitrogens is 1. The summed E-state index contributed by atoms with van der Waals surface area (Å²) in [6.07, 6.45) is 3.50. The first-order valence-electron chi connectivity index (χ1n) is 11.2. The van der Waals surface area contributed by atoms with Crippen LogP contribution in [0.3, 0.4) is 0 Å². The Labute approximate surface area is 213 Å². The molecule has 2 aliphatic rings. The quantitative estimate of drug-likeness (QED) is 0.371. The Morgan fingerprint density at radius 2 is 1.91 bits per heavy atom. The number of furan rings is 1. The van der Waals surface area contributed by atoms with E-state index in [1.54, 1.807) is 20.3 Å². The molecule has 2 aromatic heterocycles. The number of benzene rings is 2. The van der Waals surface area contributed by atoms with Gasteiger partial charge in [-0.05, 0) is 69.7 Å². The Balaban J connectivity index is 1.63. The zero-order chi connectivity index (χ0) is 24.1. The Morgan fingerprint density at radius 1 is 1.09 bits per heavy atom. The number of allylic oxidation sites excluding steroid dienone is 1. The number of aryl methyl sites for hydroxylation is 1. The molecule has 8 heteroatoms. The van der Waals surface area contributed by atoms with Crippen LogP contribution in [0.15, 0.2) is 79.0 Å². The monoisotopic (exact) mass is 548 g/mol. The van der Waals surface area contributed by atoms with Gasteiger partial charge in [0.2, 0.25) is 0 Å². The average Bonchev–Trinajstić information content (AvgIpc) is 3.44. The van der Waals surface area contributed by atoms with E-state index in [-0.39, 0.29) is 11.6 Å². The van der Waals surface area contributed by atoms with Gasteiger partial charge in [-0.2, -0.15) is 0 Å². The molecular weight excluding hydrogens is 528 g/mol. The van der Waals surface area contributed by atoms with Crippen molar-refractivity contribution in [2.45, 2.75) is 18.9 Å². The minimum absolute atomic E-state index is 0.0912. The molecule has 0 amide bonds. The normalized spacial score (nSPS) is 16.9. The minimum atomic E-state index is -0.292. The maximum Gasteiger partial charge on any atom is 0.271 e. The molecular formula is C27H21BrN2O4S. The molecule has 176 valence electrons. The van der Waals surface area contributed by atoms with Gasteiger partial charge in [-0.25, -0.2) is 4.99 Å². The first-order valence-corrected chi connectivity index (χ1v) is 12.8. The zero-order valence-electron chi connectivity index (χ0n) is 19.1. The van der Waals surface area contributed by atoms with Crippen molar-refractivity contribution < 1.29 is 13.9 Å². The second kappa shape index (κ2) is 8.70. The van der Waals surface area contributed by atoms with Crippen molar-refractivity contribution in [3.63, 3.8) is 0 Å². The van der Waals surface area contributed by atoms with Crippen molar-refractivity contribution in [3.8, 4) is 11.5 Å². The number of rotatable bonds is 4. The SMILES string of the molecule is COc1ccc(C2C3=C(N=c4s/c(=C/c5ccc(Br)o5)c(=O)n42)c2ccccc2CC3)cc1OC. The molecule has 0 bridgehead atoms. The topological polar surface area (TPSA) is 66.0 Å². The van der Waals surface area contributed by atoms with Crippen LogP contribution in [0.5, 0.6) is 11.5 Å². The van der Waals surface area contributed by atoms with Gasteiger partial charge in [-0.15, -0.1) is 0 Å². The molecule has 1 aliphatic heterocycles. The summed E-state index contributed by atoms with van der Waals surface area (Å²) in [4.78, 5) is 19.5. The molecule has 6 rings (SSSR count). The van der Waals surface area contributed by atoms with Gasteiger partial charge < -0.3 is 13.9 Å². The molecule has 6 nitrogen and oxygen atoms in total. The van der Waals surface area contributed by atoms with Crippen LogP contribution in [0.4, 0.5) is 0 Å². The van der Waals surface area contributed by atoms with E-state index in [9.17, 15) is 4.79 Å². The largest absolute Gasteiger partial charge is 0.493 e. The van der Waals surface area contributed by atoms with Gasteiger partial charge in [-0.3, -0.25) is 9.36 Å². The highest BCUT2D eigenvalue weighted by Crippen LogP contribution is 2.42. The van der Waals surface area contributed by atoms with Crippen molar-refractivity contribution in [1.82, 2.24) is 4.57 Å². The lowest BCUT2D eigenvalue weighted by atomic mass is 9.83. The van der Waals surface area contributed by atoms with E-state index in [0.29, 0.717) is 31.3 Å². The Kier molecular flexibility index (Phi) is 5.50. The summed E-state index contributed by atoms with van der Waals surface area (Å²) < 4.78 is 19.7. The lowest BCUT2D eigenvalue weighted by molar-refractivity contribution is 0.354. The van der Waals surface area contributed by atoms with Crippen LogP contribution >= 0.6 is 27.3 Å². The van der Waals surface area contributed by atoms with Gasteiger partial charge in [0, 0.05) is 11.6 Å². The number of ether oxygens (including phenoxy) is 2. The van der Waals surface area contributed by atoms with Crippen LogP contribution in [-0.4, -0.2) is 18.8 Å². The summed E-state index contributed by atoms with van der Waals surface area (Å²) in [5.41, 5.74) is 5.37. The highest BCUT2D eigenvalue weighted by atomic mass is 79.9. The molecule has 0 N–H and O–H groups in total. The van der Waals surface area contributed by atoms with Gasteiger partial charge in [0.25, 0.3) is 5.56 Å². The fourth-order valence-electron chi connectivity index (χ4n) is 4.88. The van der Waals surface area contributed by atoms with Gasteiger partial charge in [0.05, 0.1) is 30.5 Å². The number of halogens is 1. The molecule has 0 radical (unpaired) electrons. The first kappa shape index (κ1) is 22.1. The van der Waals surface area contributed by atoms with Crippen molar-refractivity contribution in [3.05, 3.63) is 107 Å². The molecule has 1 unspecified atom stereocenters. The van der Waals surface area contributed by atoms with Gasteiger partial charge in [0.1, 0.15) is 5.76 Å². The maximum atomic E-state index is 13.8. The molecule has 0 saturated heterocycles. The lowest BCUT2D eigenvalue weighted by Crippen LogP contribution is -2.38. The predicted molar refractivity (Wildman–Crippen MR) is 139 cm³/mol. The van der Waals surface area contributed by atoms with Crippen molar-refractivity contribution >= 4 is 39.0 Å². The van der Waals surface area contributed by atoms with Crippen LogP contribution in [0, 0.1) is 0 Å². The van der Waals surface area contributed by atoms with Crippen LogP contribution in [0.1, 0.15) is 34.9 Å². The molecule has 0 saturated carbocycles. The van der Waals surface area contributed by atoms with Gasteiger partial charge in [-0.1, -0.05) is 41.7 Å². The molecule has 1 atom stereocenters. The Hall–Kier alpha value is -3.36. The first-order chi connectivity index (χ1) is 17.1. The highest BCUT2D eigenvalue weighted by Gasteiger charge is 2.33. The molecule has 4 aromatic rings. The van der Waals surface area contributed by atoms with E-state index in [2.05, 4.69) is 34.1 Å². The van der Waals surface area contributed by atoms with Crippen LogP contribution in [0.2, 0.25) is 0 Å². The summed E-state index contributed by atoms with van der Waals surface area (Å²) in [6, 6.07) is 17.6. The second-order valence-corrected chi connectivity index (χ2v) is 10.2. The number of fused-ring (bicyclic) bond motifs is 3. The number of nitrogens with zero attached hydrogens (tertiary/aromatic N) is 2. The van der Waals surface area contributed by atoms with Crippen molar-refractivity contribution in [2.75, 3.05) is 14.2 Å². The van der Waals surface area contributed by atoms with Crippen molar-refractivity contribution in [2.24, 2.45) is 4.99 Å². The molecule has 3 heterocycles. The number of hydrogen-bond donors (Lipinski definition) is 0. The maximum absolute atomic E-state index is 13.8. The van der Waals surface area contributed by atoms with Gasteiger partial charge in [0.15, 0.2) is 21.0 Å². The molecule has 35 heavy (non-hydrogen) atoms. The minimum Gasteiger partial charge on any atom is -0.493 e. The molecule has 0 fully saturated rings. The Bertz CT molecular complexity index is 1680. The van der Waals surface area contributed by atoms with E-state index in [0.717, 1.165) is 35.2 Å². The predicted octanol–water partition coefficient (Wildman–Crippen LogP) is 4.69.